The molecule has 1 atom stereocenters. The van der Waals surface area contributed by atoms with E-state index in [-0.39, 0.29) is 5.75 Å². The van der Waals surface area contributed by atoms with E-state index in [0.717, 1.165) is 5.69 Å². The number of aliphatic hydroxyl groups is 1. The molecule has 1 unspecified atom stereocenters. The molecule has 0 aliphatic carbocycles. The normalized spacial score (nSPS) is 13.3. The number of nitrogens with zero attached hydrogens (tertiary/aromatic N) is 2. The minimum atomic E-state index is -2.97. The van der Waals surface area contributed by atoms with Gasteiger partial charge in [-0.2, -0.15) is 5.10 Å². The van der Waals surface area contributed by atoms with E-state index < -0.39 is 15.9 Å². The lowest BCUT2D eigenvalue weighted by Gasteiger charge is -2.07. The Hall–Kier alpha value is -1.66. The fourth-order valence-corrected chi connectivity index (χ4v) is 2.63. The fourth-order valence-electron chi connectivity index (χ4n) is 1.94. The lowest BCUT2D eigenvalue weighted by atomic mass is 10.1. The van der Waals surface area contributed by atoms with E-state index in [1.807, 2.05) is 30.3 Å². The second kappa shape index (κ2) is 6.19. The van der Waals surface area contributed by atoms with Gasteiger partial charge in [0.15, 0.2) is 0 Å². The number of hydrogen-bond acceptors (Lipinski definition) is 4. The maximum absolute atomic E-state index is 11.0. The van der Waals surface area contributed by atoms with Gasteiger partial charge < -0.3 is 5.11 Å². The van der Waals surface area contributed by atoms with Crippen LogP contribution in [0.5, 0.6) is 0 Å². The van der Waals surface area contributed by atoms with Crippen molar-refractivity contribution in [2.75, 3.05) is 12.0 Å². The van der Waals surface area contributed by atoms with E-state index in [1.165, 1.54) is 6.26 Å². The SMILES string of the molecule is CS(=O)(=O)CCCC(O)c1cnn(-c2ccccc2)c1. The third kappa shape index (κ3) is 4.18. The third-order valence-electron chi connectivity index (χ3n) is 3.00. The summed E-state index contributed by atoms with van der Waals surface area (Å²) in [6.45, 7) is 0. The first-order chi connectivity index (χ1) is 9.46. The molecule has 0 spiro atoms. The highest BCUT2D eigenvalue weighted by molar-refractivity contribution is 7.90. The highest BCUT2D eigenvalue weighted by atomic mass is 32.2. The number of benzene rings is 1. The fraction of sp³-hybridized carbons (Fsp3) is 0.357. The average molecular weight is 294 g/mol. The molecular formula is C14H18N2O3S. The number of para-hydroxylation sites is 1. The molecule has 1 aromatic heterocycles. The average Bonchev–Trinajstić information content (AvgIpc) is 2.88. The number of aliphatic hydroxyl groups excluding tert-OH is 1. The number of aromatic nitrogens is 2. The minimum Gasteiger partial charge on any atom is -0.388 e. The largest absolute Gasteiger partial charge is 0.388 e. The molecule has 6 heteroatoms. The molecule has 108 valence electrons. The van der Waals surface area contributed by atoms with Crippen molar-refractivity contribution in [2.45, 2.75) is 18.9 Å². The van der Waals surface area contributed by atoms with E-state index >= 15 is 0 Å². The molecule has 0 bridgehead atoms. The van der Waals surface area contributed by atoms with Crippen LogP contribution in [0.15, 0.2) is 42.7 Å². The van der Waals surface area contributed by atoms with Gasteiger partial charge in [0.2, 0.25) is 0 Å². The van der Waals surface area contributed by atoms with Gasteiger partial charge in [-0.25, -0.2) is 13.1 Å². The standard InChI is InChI=1S/C14H18N2O3S/c1-20(18,19)9-5-8-14(17)12-10-15-16(11-12)13-6-3-2-4-7-13/h2-4,6-7,10-11,14,17H,5,8-9H2,1H3. The van der Waals surface area contributed by atoms with Gasteiger partial charge in [0.05, 0.1) is 18.0 Å². The van der Waals surface area contributed by atoms with Gasteiger partial charge in [-0.15, -0.1) is 0 Å². The Kier molecular flexibility index (Phi) is 4.57. The summed E-state index contributed by atoms with van der Waals surface area (Å²) in [5, 5.41) is 14.2. The molecule has 5 nitrogen and oxygen atoms in total. The molecule has 20 heavy (non-hydrogen) atoms. The van der Waals surface area contributed by atoms with Crippen LogP contribution < -0.4 is 0 Å². The van der Waals surface area contributed by atoms with E-state index in [1.54, 1.807) is 17.1 Å². The van der Waals surface area contributed by atoms with Crippen molar-refractivity contribution in [3.63, 3.8) is 0 Å². The van der Waals surface area contributed by atoms with Gasteiger partial charge >= 0.3 is 0 Å². The Bertz CT molecular complexity index is 650. The van der Waals surface area contributed by atoms with Crippen LogP contribution in [0.4, 0.5) is 0 Å². The van der Waals surface area contributed by atoms with Crippen LogP contribution in [-0.2, 0) is 9.84 Å². The number of sulfone groups is 1. The van der Waals surface area contributed by atoms with E-state index in [0.29, 0.717) is 18.4 Å². The van der Waals surface area contributed by atoms with Crippen molar-refractivity contribution in [3.05, 3.63) is 48.3 Å². The predicted molar refractivity (Wildman–Crippen MR) is 77.5 cm³/mol. The second-order valence-electron chi connectivity index (χ2n) is 4.84. The van der Waals surface area contributed by atoms with Gasteiger partial charge in [0, 0.05) is 23.8 Å². The Morgan fingerprint density at radius 2 is 2.00 bits per heavy atom. The Labute approximate surface area is 118 Å². The first-order valence-electron chi connectivity index (χ1n) is 6.41. The highest BCUT2D eigenvalue weighted by Crippen LogP contribution is 2.19. The summed E-state index contributed by atoms with van der Waals surface area (Å²) in [6.07, 6.45) is 4.74. The number of hydrogen-bond donors (Lipinski definition) is 1. The summed E-state index contributed by atoms with van der Waals surface area (Å²) in [5.74, 6) is 0.0941. The molecule has 1 heterocycles. The summed E-state index contributed by atoms with van der Waals surface area (Å²) < 4.78 is 23.8. The Morgan fingerprint density at radius 1 is 1.30 bits per heavy atom. The first-order valence-corrected chi connectivity index (χ1v) is 8.47. The van der Waals surface area contributed by atoms with Crippen LogP contribution in [0.25, 0.3) is 5.69 Å². The molecule has 0 saturated heterocycles. The van der Waals surface area contributed by atoms with Crippen LogP contribution in [0.2, 0.25) is 0 Å². The lowest BCUT2D eigenvalue weighted by Crippen LogP contribution is -2.05. The maximum atomic E-state index is 11.0. The van der Waals surface area contributed by atoms with Crippen LogP contribution in [0.3, 0.4) is 0 Å². The summed E-state index contributed by atoms with van der Waals surface area (Å²) in [6, 6.07) is 9.60. The van der Waals surface area contributed by atoms with Gasteiger partial charge in [0.1, 0.15) is 9.84 Å². The lowest BCUT2D eigenvalue weighted by molar-refractivity contribution is 0.166. The van der Waals surface area contributed by atoms with E-state index in [9.17, 15) is 13.5 Å². The first kappa shape index (κ1) is 14.7. The monoisotopic (exact) mass is 294 g/mol. The predicted octanol–water partition coefficient (Wildman–Crippen LogP) is 1.73. The molecule has 1 aromatic carbocycles. The van der Waals surface area contributed by atoms with Crippen LogP contribution >= 0.6 is 0 Å². The molecule has 0 amide bonds. The zero-order valence-corrected chi connectivity index (χ0v) is 12.1. The second-order valence-corrected chi connectivity index (χ2v) is 7.10. The van der Waals surface area contributed by atoms with Gasteiger partial charge in [0.25, 0.3) is 0 Å². The minimum absolute atomic E-state index is 0.0941. The molecule has 0 aliphatic heterocycles. The molecule has 0 radical (unpaired) electrons. The molecule has 2 aromatic rings. The van der Waals surface area contributed by atoms with Crippen molar-refractivity contribution >= 4 is 9.84 Å². The number of rotatable bonds is 6. The zero-order valence-electron chi connectivity index (χ0n) is 11.3. The third-order valence-corrected chi connectivity index (χ3v) is 4.03. The molecule has 2 rings (SSSR count). The topological polar surface area (TPSA) is 72.2 Å². The van der Waals surface area contributed by atoms with Crippen molar-refractivity contribution in [1.82, 2.24) is 9.78 Å². The van der Waals surface area contributed by atoms with Crippen LogP contribution in [0.1, 0.15) is 24.5 Å². The van der Waals surface area contributed by atoms with Crippen molar-refractivity contribution in [2.24, 2.45) is 0 Å². The molecule has 0 saturated carbocycles. The molecule has 0 aliphatic rings. The van der Waals surface area contributed by atoms with Crippen molar-refractivity contribution in [1.29, 1.82) is 0 Å². The summed E-state index contributed by atoms with van der Waals surface area (Å²) in [7, 11) is -2.97. The Morgan fingerprint density at radius 3 is 2.65 bits per heavy atom. The van der Waals surface area contributed by atoms with Crippen LogP contribution in [-0.4, -0.2) is 35.3 Å². The van der Waals surface area contributed by atoms with E-state index in [2.05, 4.69) is 5.10 Å². The Balaban J connectivity index is 1.98. The molecular weight excluding hydrogens is 276 g/mol. The van der Waals surface area contributed by atoms with E-state index in [4.69, 9.17) is 0 Å². The van der Waals surface area contributed by atoms with Gasteiger partial charge in [-0.3, -0.25) is 0 Å². The van der Waals surface area contributed by atoms with Crippen molar-refractivity contribution in [3.8, 4) is 5.69 Å². The zero-order chi connectivity index (χ0) is 14.6. The molecule has 0 fully saturated rings. The smallest absolute Gasteiger partial charge is 0.147 e. The van der Waals surface area contributed by atoms with Gasteiger partial charge in [-0.1, -0.05) is 18.2 Å². The molecule has 1 N–H and O–H groups in total. The quantitative estimate of drug-likeness (QED) is 0.880. The van der Waals surface area contributed by atoms with Crippen LogP contribution in [0, 0.1) is 0 Å². The summed E-state index contributed by atoms with van der Waals surface area (Å²) in [4.78, 5) is 0. The summed E-state index contributed by atoms with van der Waals surface area (Å²) >= 11 is 0. The maximum Gasteiger partial charge on any atom is 0.147 e. The van der Waals surface area contributed by atoms with Gasteiger partial charge in [-0.05, 0) is 25.0 Å². The highest BCUT2D eigenvalue weighted by Gasteiger charge is 2.12. The van der Waals surface area contributed by atoms with Crippen molar-refractivity contribution < 1.29 is 13.5 Å². The summed E-state index contributed by atoms with van der Waals surface area (Å²) in [5.41, 5.74) is 1.62.